The predicted octanol–water partition coefficient (Wildman–Crippen LogP) is 2.18. The summed E-state index contributed by atoms with van der Waals surface area (Å²) in [6.45, 7) is 2.84. The lowest BCUT2D eigenvalue weighted by Crippen LogP contribution is -2.25. The Kier molecular flexibility index (Phi) is 4.39. The fraction of sp³-hybridized carbons (Fsp3) is 0.385. The number of nitrogens with zero attached hydrogens (tertiary/aromatic N) is 3. The zero-order valence-electron chi connectivity index (χ0n) is 11.2. The van der Waals surface area contributed by atoms with Gasteiger partial charge in [0.25, 0.3) is 0 Å². The number of rotatable bonds is 5. The summed E-state index contributed by atoms with van der Waals surface area (Å²) in [5.74, 6) is 0.589. The van der Waals surface area contributed by atoms with E-state index in [1.54, 1.807) is 24.2 Å². The van der Waals surface area contributed by atoms with Crippen LogP contribution in [0.4, 0.5) is 0 Å². The molecule has 0 aliphatic rings. The van der Waals surface area contributed by atoms with Gasteiger partial charge in [0, 0.05) is 18.8 Å². The Morgan fingerprint density at radius 1 is 1.53 bits per heavy atom. The van der Waals surface area contributed by atoms with Crippen LogP contribution in [-0.2, 0) is 7.05 Å². The van der Waals surface area contributed by atoms with Gasteiger partial charge < -0.3 is 10.1 Å². The second kappa shape index (κ2) is 6.04. The third kappa shape index (κ3) is 2.72. The van der Waals surface area contributed by atoms with E-state index in [2.05, 4.69) is 15.4 Å². The van der Waals surface area contributed by atoms with Gasteiger partial charge in [0.15, 0.2) is 0 Å². The van der Waals surface area contributed by atoms with E-state index in [9.17, 15) is 0 Å². The number of methoxy groups -OCH3 is 1. The van der Waals surface area contributed by atoms with E-state index in [-0.39, 0.29) is 6.04 Å². The summed E-state index contributed by atoms with van der Waals surface area (Å²) in [5.41, 5.74) is 1.84. The first-order chi connectivity index (χ1) is 9.19. The summed E-state index contributed by atoms with van der Waals surface area (Å²) in [7, 11) is 3.48. The van der Waals surface area contributed by atoms with Crippen LogP contribution >= 0.6 is 11.6 Å². The van der Waals surface area contributed by atoms with Crippen molar-refractivity contribution in [3.05, 3.63) is 40.8 Å². The SMILES string of the molecule is CCNC(c1cccnc1OC)c1c(Cl)cnn1C. The highest BCUT2D eigenvalue weighted by atomic mass is 35.5. The standard InChI is InChI=1S/C13H17ClN4O/c1-4-15-11(12-10(14)8-17-18(12)2)9-6-5-7-16-13(9)19-3/h5-8,11,15H,4H2,1-3H3. The van der Waals surface area contributed by atoms with Crippen LogP contribution in [0.25, 0.3) is 0 Å². The Balaban J connectivity index is 2.51. The summed E-state index contributed by atoms with van der Waals surface area (Å²) in [6.07, 6.45) is 3.35. The first-order valence-electron chi connectivity index (χ1n) is 6.08. The van der Waals surface area contributed by atoms with Gasteiger partial charge in [-0.1, -0.05) is 24.6 Å². The topological polar surface area (TPSA) is 52.0 Å². The minimum atomic E-state index is -0.103. The summed E-state index contributed by atoms with van der Waals surface area (Å²) in [6, 6.07) is 3.75. The summed E-state index contributed by atoms with van der Waals surface area (Å²) in [5, 5.41) is 8.20. The number of hydrogen-bond donors (Lipinski definition) is 1. The molecule has 6 heteroatoms. The fourth-order valence-electron chi connectivity index (χ4n) is 2.10. The molecule has 2 heterocycles. The van der Waals surface area contributed by atoms with Gasteiger partial charge in [-0.15, -0.1) is 0 Å². The smallest absolute Gasteiger partial charge is 0.218 e. The van der Waals surface area contributed by atoms with Crippen LogP contribution in [-0.4, -0.2) is 28.4 Å². The molecule has 1 N–H and O–H groups in total. The van der Waals surface area contributed by atoms with Gasteiger partial charge in [-0.3, -0.25) is 4.68 Å². The number of ether oxygens (including phenoxy) is 1. The quantitative estimate of drug-likeness (QED) is 0.912. The van der Waals surface area contributed by atoms with Crippen LogP contribution < -0.4 is 10.1 Å². The first-order valence-corrected chi connectivity index (χ1v) is 6.46. The molecule has 2 rings (SSSR count). The Labute approximate surface area is 117 Å². The average Bonchev–Trinajstić information content (AvgIpc) is 2.76. The van der Waals surface area contributed by atoms with E-state index in [1.807, 2.05) is 26.1 Å². The second-order valence-electron chi connectivity index (χ2n) is 4.09. The van der Waals surface area contributed by atoms with E-state index in [1.165, 1.54) is 0 Å². The molecule has 2 aromatic heterocycles. The molecule has 0 spiro atoms. The molecule has 0 saturated heterocycles. The van der Waals surface area contributed by atoms with Crippen molar-refractivity contribution in [3.8, 4) is 5.88 Å². The van der Waals surface area contributed by atoms with Crippen molar-refractivity contribution in [2.24, 2.45) is 7.05 Å². The number of aromatic nitrogens is 3. The third-order valence-corrected chi connectivity index (χ3v) is 3.22. The number of nitrogens with one attached hydrogen (secondary N) is 1. The number of hydrogen-bond acceptors (Lipinski definition) is 4. The molecule has 1 unspecified atom stereocenters. The highest BCUT2D eigenvalue weighted by Gasteiger charge is 2.23. The molecule has 0 radical (unpaired) electrons. The van der Waals surface area contributed by atoms with Crippen molar-refractivity contribution in [2.75, 3.05) is 13.7 Å². The number of aryl methyl sites for hydroxylation is 1. The minimum absolute atomic E-state index is 0.103. The van der Waals surface area contributed by atoms with Crippen LogP contribution in [0.2, 0.25) is 5.02 Å². The van der Waals surface area contributed by atoms with Gasteiger partial charge in [-0.25, -0.2) is 4.98 Å². The number of halogens is 1. The monoisotopic (exact) mass is 280 g/mol. The molecule has 0 aliphatic heterocycles. The van der Waals surface area contributed by atoms with E-state index in [4.69, 9.17) is 16.3 Å². The second-order valence-corrected chi connectivity index (χ2v) is 4.50. The molecule has 102 valence electrons. The zero-order chi connectivity index (χ0) is 13.8. The Bertz CT molecular complexity index is 536. The molecular formula is C13H17ClN4O. The molecule has 1 atom stereocenters. The maximum atomic E-state index is 6.24. The third-order valence-electron chi connectivity index (χ3n) is 2.92. The molecule has 0 saturated carbocycles. The van der Waals surface area contributed by atoms with E-state index < -0.39 is 0 Å². The molecule has 0 amide bonds. The van der Waals surface area contributed by atoms with Gasteiger partial charge >= 0.3 is 0 Å². The zero-order valence-corrected chi connectivity index (χ0v) is 12.0. The molecule has 0 aliphatic carbocycles. The Morgan fingerprint density at radius 3 is 2.89 bits per heavy atom. The van der Waals surface area contributed by atoms with Gasteiger partial charge in [0.05, 0.1) is 30.1 Å². The van der Waals surface area contributed by atoms with Crippen LogP contribution in [0, 0.1) is 0 Å². The lowest BCUT2D eigenvalue weighted by atomic mass is 10.0. The molecule has 0 bridgehead atoms. The number of pyridine rings is 1. The van der Waals surface area contributed by atoms with Crippen molar-refractivity contribution in [2.45, 2.75) is 13.0 Å². The van der Waals surface area contributed by atoms with Crippen LogP contribution in [0.1, 0.15) is 24.2 Å². The molecule has 5 nitrogen and oxygen atoms in total. The summed E-state index contributed by atoms with van der Waals surface area (Å²) in [4.78, 5) is 4.23. The lowest BCUT2D eigenvalue weighted by Gasteiger charge is -2.20. The fourth-order valence-corrected chi connectivity index (χ4v) is 2.37. The van der Waals surface area contributed by atoms with Crippen molar-refractivity contribution in [1.82, 2.24) is 20.1 Å². The van der Waals surface area contributed by atoms with Crippen molar-refractivity contribution in [3.63, 3.8) is 0 Å². The maximum absolute atomic E-state index is 6.24. The van der Waals surface area contributed by atoms with Crippen molar-refractivity contribution in [1.29, 1.82) is 0 Å². The molecule has 19 heavy (non-hydrogen) atoms. The van der Waals surface area contributed by atoms with Crippen LogP contribution in [0.3, 0.4) is 0 Å². The lowest BCUT2D eigenvalue weighted by molar-refractivity contribution is 0.386. The van der Waals surface area contributed by atoms with Crippen molar-refractivity contribution >= 4 is 11.6 Å². The van der Waals surface area contributed by atoms with E-state index in [0.717, 1.165) is 17.8 Å². The van der Waals surface area contributed by atoms with E-state index >= 15 is 0 Å². The molecule has 0 aromatic carbocycles. The average molecular weight is 281 g/mol. The van der Waals surface area contributed by atoms with Gasteiger partial charge in [-0.05, 0) is 12.6 Å². The van der Waals surface area contributed by atoms with Gasteiger partial charge in [0.2, 0.25) is 5.88 Å². The molecule has 0 fully saturated rings. The largest absolute Gasteiger partial charge is 0.481 e. The normalized spacial score (nSPS) is 12.4. The first kappa shape index (κ1) is 13.8. The van der Waals surface area contributed by atoms with Gasteiger partial charge in [0.1, 0.15) is 0 Å². The Morgan fingerprint density at radius 2 is 2.32 bits per heavy atom. The van der Waals surface area contributed by atoms with Crippen LogP contribution in [0.5, 0.6) is 5.88 Å². The summed E-state index contributed by atoms with van der Waals surface area (Å²) >= 11 is 6.24. The predicted molar refractivity (Wildman–Crippen MR) is 74.5 cm³/mol. The van der Waals surface area contributed by atoms with E-state index in [0.29, 0.717) is 10.9 Å². The summed E-state index contributed by atoms with van der Waals surface area (Å²) < 4.78 is 7.09. The molecular weight excluding hydrogens is 264 g/mol. The van der Waals surface area contributed by atoms with Crippen molar-refractivity contribution < 1.29 is 4.74 Å². The highest BCUT2D eigenvalue weighted by Crippen LogP contribution is 2.31. The maximum Gasteiger partial charge on any atom is 0.218 e. The van der Waals surface area contributed by atoms with Gasteiger partial charge in [-0.2, -0.15) is 5.10 Å². The molecule has 2 aromatic rings. The highest BCUT2D eigenvalue weighted by molar-refractivity contribution is 6.31. The van der Waals surface area contributed by atoms with Crippen LogP contribution in [0.15, 0.2) is 24.5 Å². The Hall–Kier alpha value is -1.59. The minimum Gasteiger partial charge on any atom is -0.481 e.